The summed E-state index contributed by atoms with van der Waals surface area (Å²) in [6, 6.07) is 8.58. The van der Waals surface area contributed by atoms with Gasteiger partial charge in [-0.1, -0.05) is 24.3 Å². The van der Waals surface area contributed by atoms with Crippen LogP contribution in [-0.2, 0) is 4.43 Å². The molecule has 21 heavy (non-hydrogen) atoms. The van der Waals surface area contributed by atoms with Gasteiger partial charge in [0.05, 0.1) is 0 Å². The normalized spacial score (nSPS) is 11.7. The molecule has 1 nitrogen and oxygen atoms in total. The van der Waals surface area contributed by atoms with Gasteiger partial charge in [0.15, 0.2) is 11.6 Å². The molecule has 0 spiro atoms. The summed E-state index contributed by atoms with van der Waals surface area (Å²) in [5.41, 5.74) is 0.563. The molecule has 0 radical (unpaired) electrons. The molecule has 0 aliphatic carbocycles. The topological polar surface area (TPSA) is 9.23 Å². The molecule has 0 aliphatic rings. The average molecular weight is 310 g/mol. The van der Waals surface area contributed by atoms with Crippen LogP contribution < -0.4 is 5.19 Å². The molecular weight excluding hydrogens is 293 g/mol. The van der Waals surface area contributed by atoms with Crippen molar-refractivity contribution in [2.24, 2.45) is 0 Å². The molecule has 5 heteroatoms. The maximum atomic E-state index is 13.7. The Kier molecular flexibility index (Phi) is 4.54. The largest absolute Gasteiger partial charge is 0.413 e. The third kappa shape index (κ3) is 3.36. The van der Waals surface area contributed by atoms with Crippen LogP contribution in [0.3, 0.4) is 0 Å². The first-order valence-electron chi connectivity index (χ1n) is 6.74. The van der Waals surface area contributed by atoms with Crippen molar-refractivity contribution in [2.75, 3.05) is 6.61 Å². The van der Waals surface area contributed by atoms with Crippen molar-refractivity contribution in [3.63, 3.8) is 0 Å². The lowest BCUT2D eigenvalue weighted by Gasteiger charge is -2.22. The Bertz CT molecular complexity index is 639. The minimum atomic E-state index is -1.96. The van der Waals surface area contributed by atoms with Crippen LogP contribution in [0.4, 0.5) is 13.2 Å². The summed E-state index contributed by atoms with van der Waals surface area (Å²) in [5, 5.41) is 1.07. The number of benzene rings is 2. The molecule has 2 rings (SSSR count). The Hall–Kier alpha value is -1.59. The summed E-state index contributed by atoms with van der Waals surface area (Å²) in [7, 11) is -1.96. The van der Waals surface area contributed by atoms with E-state index in [0.29, 0.717) is 18.2 Å². The van der Waals surface area contributed by atoms with E-state index in [1.54, 1.807) is 12.1 Å². The quantitative estimate of drug-likeness (QED) is 0.607. The van der Waals surface area contributed by atoms with Crippen molar-refractivity contribution < 1.29 is 17.6 Å². The van der Waals surface area contributed by atoms with Crippen molar-refractivity contribution in [1.29, 1.82) is 0 Å². The van der Waals surface area contributed by atoms with Gasteiger partial charge in [-0.2, -0.15) is 0 Å². The monoisotopic (exact) mass is 310 g/mol. The first-order chi connectivity index (χ1) is 9.85. The Balaban J connectivity index is 2.38. The highest BCUT2D eigenvalue weighted by molar-refractivity contribution is 6.84. The molecule has 0 saturated heterocycles. The molecule has 0 N–H and O–H groups in total. The molecule has 0 bridgehead atoms. The second-order valence-electron chi connectivity index (χ2n) is 5.27. The molecule has 2 aromatic carbocycles. The van der Waals surface area contributed by atoms with E-state index < -0.39 is 25.8 Å². The van der Waals surface area contributed by atoms with Gasteiger partial charge in [-0.3, -0.25) is 0 Å². The minimum absolute atomic E-state index is 0.0522. The number of halogens is 3. The highest BCUT2D eigenvalue weighted by atomic mass is 28.4. The summed E-state index contributed by atoms with van der Waals surface area (Å²) in [6.45, 7) is 6.73. The van der Waals surface area contributed by atoms with Crippen LogP contribution in [0, 0.1) is 17.5 Å². The van der Waals surface area contributed by atoms with E-state index >= 15 is 0 Å². The molecule has 0 fully saturated rings. The van der Waals surface area contributed by atoms with Gasteiger partial charge in [-0.25, -0.2) is 13.2 Å². The number of hydrogen-bond donors (Lipinski definition) is 0. The van der Waals surface area contributed by atoms with Gasteiger partial charge in [0, 0.05) is 18.2 Å². The number of hydrogen-bond acceptors (Lipinski definition) is 1. The first kappa shape index (κ1) is 15.8. The van der Waals surface area contributed by atoms with Gasteiger partial charge in [0.25, 0.3) is 0 Å². The van der Waals surface area contributed by atoms with Crippen LogP contribution in [0.15, 0.2) is 36.4 Å². The fourth-order valence-electron chi connectivity index (χ4n) is 2.24. The molecular formula is C16H17F3OSi. The smallest absolute Gasteiger partial charge is 0.218 e. The molecule has 0 unspecified atom stereocenters. The third-order valence-corrected chi connectivity index (χ3v) is 6.14. The molecule has 0 saturated carbocycles. The Labute approximate surface area is 123 Å². The molecule has 0 atom stereocenters. The maximum absolute atomic E-state index is 13.7. The van der Waals surface area contributed by atoms with Gasteiger partial charge in [0.1, 0.15) is 5.82 Å². The lowest BCUT2D eigenvalue weighted by molar-refractivity contribution is 0.339. The van der Waals surface area contributed by atoms with Crippen molar-refractivity contribution in [3.05, 3.63) is 53.8 Å². The fourth-order valence-corrected chi connectivity index (χ4v) is 4.10. The molecule has 0 aromatic heterocycles. The zero-order chi connectivity index (χ0) is 15.6. The summed E-state index contributed by atoms with van der Waals surface area (Å²) < 4.78 is 45.7. The lowest BCUT2D eigenvalue weighted by atomic mass is 10.1. The molecule has 0 heterocycles. The van der Waals surface area contributed by atoms with E-state index in [-0.39, 0.29) is 5.56 Å². The van der Waals surface area contributed by atoms with Crippen LogP contribution in [0.5, 0.6) is 0 Å². The summed E-state index contributed by atoms with van der Waals surface area (Å²) in [5.74, 6) is -3.01. The molecule has 0 aliphatic heterocycles. The predicted octanol–water partition coefficient (Wildman–Crippen LogP) is 4.22. The van der Waals surface area contributed by atoms with E-state index in [0.717, 1.165) is 11.3 Å². The van der Waals surface area contributed by atoms with Crippen LogP contribution in [0.25, 0.3) is 11.1 Å². The van der Waals surface area contributed by atoms with E-state index in [4.69, 9.17) is 4.43 Å². The Morgan fingerprint density at radius 3 is 2.05 bits per heavy atom. The van der Waals surface area contributed by atoms with Crippen LogP contribution >= 0.6 is 0 Å². The summed E-state index contributed by atoms with van der Waals surface area (Å²) in [6.07, 6.45) is 0. The van der Waals surface area contributed by atoms with Gasteiger partial charge >= 0.3 is 0 Å². The standard InChI is InChI=1S/C16H17F3OSi/c1-4-20-21(2,3)12-7-5-11(6-8-12)13-9-15(18)16(19)10-14(13)17/h5-10H,4H2,1-3H3. The van der Waals surface area contributed by atoms with Crippen molar-refractivity contribution >= 4 is 13.5 Å². The summed E-state index contributed by atoms with van der Waals surface area (Å²) >= 11 is 0. The number of rotatable bonds is 4. The van der Waals surface area contributed by atoms with Gasteiger partial charge in [0.2, 0.25) is 8.32 Å². The highest BCUT2D eigenvalue weighted by Crippen LogP contribution is 2.25. The van der Waals surface area contributed by atoms with Crippen molar-refractivity contribution in [3.8, 4) is 11.1 Å². The molecule has 2 aromatic rings. The first-order valence-corrected chi connectivity index (χ1v) is 9.65. The SMILES string of the molecule is CCO[Si](C)(C)c1ccc(-c2cc(F)c(F)cc2F)cc1. The third-order valence-electron chi connectivity index (χ3n) is 3.41. The molecule has 0 amide bonds. The van der Waals surface area contributed by atoms with Gasteiger partial charge < -0.3 is 4.43 Å². The minimum Gasteiger partial charge on any atom is -0.413 e. The van der Waals surface area contributed by atoms with Crippen LogP contribution in [0.1, 0.15) is 6.92 Å². The van der Waals surface area contributed by atoms with E-state index in [1.807, 2.05) is 19.1 Å². The second-order valence-corrected chi connectivity index (χ2v) is 9.15. The highest BCUT2D eigenvalue weighted by Gasteiger charge is 2.24. The van der Waals surface area contributed by atoms with Crippen LogP contribution in [-0.4, -0.2) is 14.9 Å². The maximum Gasteiger partial charge on any atom is 0.218 e. The van der Waals surface area contributed by atoms with E-state index in [9.17, 15) is 13.2 Å². The lowest BCUT2D eigenvalue weighted by Crippen LogP contribution is -2.44. The van der Waals surface area contributed by atoms with Gasteiger partial charge in [-0.15, -0.1) is 0 Å². The van der Waals surface area contributed by atoms with Crippen molar-refractivity contribution in [1.82, 2.24) is 0 Å². The zero-order valence-corrected chi connectivity index (χ0v) is 13.2. The van der Waals surface area contributed by atoms with E-state index in [1.165, 1.54) is 0 Å². The average Bonchev–Trinajstić information content (AvgIpc) is 2.43. The Morgan fingerprint density at radius 2 is 1.48 bits per heavy atom. The Morgan fingerprint density at radius 1 is 0.905 bits per heavy atom. The fraction of sp³-hybridized carbons (Fsp3) is 0.250. The predicted molar refractivity (Wildman–Crippen MR) is 80.5 cm³/mol. The summed E-state index contributed by atoms with van der Waals surface area (Å²) in [4.78, 5) is 0. The zero-order valence-electron chi connectivity index (χ0n) is 12.2. The van der Waals surface area contributed by atoms with Crippen molar-refractivity contribution in [2.45, 2.75) is 20.0 Å². The van der Waals surface area contributed by atoms with Gasteiger partial charge in [-0.05, 0) is 36.8 Å². The van der Waals surface area contributed by atoms with E-state index in [2.05, 4.69) is 13.1 Å². The molecule has 112 valence electrons. The van der Waals surface area contributed by atoms with Crippen LogP contribution in [0.2, 0.25) is 13.1 Å². The second kappa shape index (κ2) is 6.03.